The normalized spacial score (nSPS) is 18.9. The van der Waals surface area contributed by atoms with Crippen LogP contribution in [0, 0.1) is 0 Å². The third-order valence-corrected chi connectivity index (χ3v) is 5.13. The standard InChI is InChI=1S/C19H21ClN2O4/c1-26-19(25)12-8-10-14(11-9-12)22-17(23)15(20)16(18(22)24)21-13-6-4-2-3-5-7-13/h8-11,13,21H,2-7H2,1H3. The Kier molecular flexibility index (Phi) is 5.61. The van der Waals surface area contributed by atoms with Crippen LogP contribution in [0.25, 0.3) is 0 Å². The van der Waals surface area contributed by atoms with Gasteiger partial charge < -0.3 is 10.1 Å². The highest BCUT2D eigenvalue weighted by molar-refractivity contribution is 6.52. The number of imide groups is 1. The number of amides is 2. The molecule has 1 aromatic carbocycles. The highest BCUT2D eigenvalue weighted by Gasteiger charge is 2.39. The molecule has 0 bridgehead atoms. The van der Waals surface area contributed by atoms with Gasteiger partial charge in [0, 0.05) is 6.04 Å². The van der Waals surface area contributed by atoms with Gasteiger partial charge in [0.25, 0.3) is 11.8 Å². The second kappa shape index (κ2) is 7.91. The fourth-order valence-electron chi connectivity index (χ4n) is 3.35. The number of methoxy groups -OCH3 is 1. The summed E-state index contributed by atoms with van der Waals surface area (Å²) in [4.78, 5) is 37.8. The first-order valence-electron chi connectivity index (χ1n) is 8.76. The van der Waals surface area contributed by atoms with Crippen LogP contribution in [0.5, 0.6) is 0 Å². The first-order chi connectivity index (χ1) is 12.5. The van der Waals surface area contributed by atoms with E-state index < -0.39 is 17.8 Å². The number of esters is 1. The molecule has 2 amide bonds. The molecule has 0 radical (unpaired) electrons. The molecule has 138 valence electrons. The number of nitrogens with one attached hydrogen (secondary N) is 1. The van der Waals surface area contributed by atoms with Crippen LogP contribution in [0.3, 0.4) is 0 Å². The maximum absolute atomic E-state index is 12.8. The zero-order valence-corrected chi connectivity index (χ0v) is 15.3. The molecule has 1 aromatic rings. The number of carbonyl (C=O) groups excluding carboxylic acids is 3. The highest BCUT2D eigenvalue weighted by Crippen LogP contribution is 2.29. The van der Waals surface area contributed by atoms with Crippen molar-refractivity contribution in [1.29, 1.82) is 0 Å². The number of anilines is 1. The molecule has 1 heterocycles. The van der Waals surface area contributed by atoms with Gasteiger partial charge in [-0.15, -0.1) is 0 Å². The van der Waals surface area contributed by atoms with E-state index in [1.165, 1.54) is 44.2 Å². The Morgan fingerprint density at radius 2 is 1.69 bits per heavy atom. The summed E-state index contributed by atoms with van der Waals surface area (Å²) in [5, 5.41) is 3.10. The lowest BCUT2D eigenvalue weighted by atomic mass is 10.1. The minimum absolute atomic E-state index is 0.0868. The number of hydrogen-bond acceptors (Lipinski definition) is 5. The Hall–Kier alpha value is -2.34. The van der Waals surface area contributed by atoms with Gasteiger partial charge in [0.1, 0.15) is 10.7 Å². The van der Waals surface area contributed by atoms with Crippen molar-refractivity contribution in [2.75, 3.05) is 12.0 Å². The molecule has 26 heavy (non-hydrogen) atoms. The van der Waals surface area contributed by atoms with Crippen molar-refractivity contribution in [2.45, 2.75) is 44.6 Å². The molecule has 7 heteroatoms. The van der Waals surface area contributed by atoms with Gasteiger partial charge in [-0.3, -0.25) is 9.59 Å². The summed E-state index contributed by atoms with van der Waals surface area (Å²) in [7, 11) is 1.29. The first kappa shape index (κ1) is 18.5. The van der Waals surface area contributed by atoms with Gasteiger partial charge in [-0.25, -0.2) is 9.69 Å². The number of ether oxygens (including phenoxy) is 1. The summed E-state index contributed by atoms with van der Waals surface area (Å²) in [5.74, 6) is -1.50. The lowest BCUT2D eigenvalue weighted by Crippen LogP contribution is -2.36. The number of nitrogens with zero attached hydrogens (tertiary/aromatic N) is 1. The van der Waals surface area contributed by atoms with E-state index in [1.54, 1.807) is 0 Å². The van der Waals surface area contributed by atoms with Gasteiger partial charge in [0.05, 0.1) is 18.4 Å². The van der Waals surface area contributed by atoms with Crippen molar-refractivity contribution in [2.24, 2.45) is 0 Å². The lowest BCUT2D eigenvalue weighted by Gasteiger charge is -2.19. The van der Waals surface area contributed by atoms with Gasteiger partial charge in [-0.1, -0.05) is 37.3 Å². The van der Waals surface area contributed by atoms with Crippen LogP contribution >= 0.6 is 11.6 Å². The predicted molar refractivity (Wildman–Crippen MR) is 97.8 cm³/mol. The summed E-state index contributed by atoms with van der Waals surface area (Å²) in [5.41, 5.74) is 0.871. The summed E-state index contributed by atoms with van der Waals surface area (Å²) in [6.45, 7) is 0. The van der Waals surface area contributed by atoms with Crippen molar-refractivity contribution >= 4 is 35.1 Å². The van der Waals surface area contributed by atoms with Crippen LogP contribution in [-0.4, -0.2) is 30.9 Å². The number of hydrogen-bond donors (Lipinski definition) is 1. The quantitative estimate of drug-likeness (QED) is 0.496. The van der Waals surface area contributed by atoms with Gasteiger partial charge in [0.15, 0.2) is 0 Å². The second-order valence-corrected chi connectivity index (χ2v) is 6.88. The molecule has 2 aliphatic rings. The van der Waals surface area contributed by atoms with E-state index in [-0.39, 0.29) is 16.8 Å². The van der Waals surface area contributed by atoms with E-state index in [1.807, 2.05) is 0 Å². The van der Waals surface area contributed by atoms with Crippen LogP contribution in [0.1, 0.15) is 48.9 Å². The van der Waals surface area contributed by atoms with Gasteiger partial charge in [0.2, 0.25) is 0 Å². The zero-order valence-electron chi connectivity index (χ0n) is 14.6. The molecule has 0 saturated heterocycles. The lowest BCUT2D eigenvalue weighted by molar-refractivity contribution is -0.120. The fourth-order valence-corrected chi connectivity index (χ4v) is 3.57. The fraction of sp³-hybridized carbons (Fsp3) is 0.421. The minimum Gasteiger partial charge on any atom is -0.465 e. The molecule has 0 spiro atoms. The second-order valence-electron chi connectivity index (χ2n) is 6.51. The topological polar surface area (TPSA) is 75.7 Å². The van der Waals surface area contributed by atoms with Crippen LogP contribution < -0.4 is 10.2 Å². The maximum Gasteiger partial charge on any atom is 0.337 e. The van der Waals surface area contributed by atoms with Crippen LogP contribution in [-0.2, 0) is 14.3 Å². The Morgan fingerprint density at radius 3 is 2.27 bits per heavy atom. The number of halogens is 1. The van der Waals surface area contributed by atoms with E-state index >= 15 is 0 Å². The van der Waals surface area contributed by atoms with Crippen LogP contribution in [0.4, 0.5) is 5.69 Å². The molecule has 1 aliphatic carbocycles. The van der Waals surface area contributed by atoms with E-state index in [9.17, 15) is 14.4 Å². The summed E-state index contributed by atoms with van der Waals surface area (Å²) >= 11 is 6.16. The van der Waals surface area contributed by atoms with Crippen LogP contribution in [0.15, 0.2) is 35.0 Å². The summed E-state index contributed by atoms with van der Waals surface area (Å²) < 4.78 is 4.65. The first-order valence-corrected chi connectivity index (χ1v) is 9.14. The largest absolute Gasteiger partial charge is 0.465 e. The average Bonchev–Trinajstić information content (AvgIpc) is 2.85. The molecule has 0 unspecified atom stereocenters. The van der Waals surface area contributed by atoms with Crippen molar-refractivity contribution in [3.63, 3.8) is 0 Å². The van der Waals surface area contributed by atoms with Gasteiger partial charge in [-0.05, 0) is 37.1 Å². The number of carbonyl (C=O) groups is 3. The monoisotopic (exact) mass is 376 g/mol. The summed E-state index contributed by atoms with van der Waals surface area (Å²) in [6, 6.07) is 6.22. The molecule has 6 nitrogen and oxygen atoms in total. The van der Waals surface area contributed by atoms with Crippen molar-refractivity contribution < 1.29 is 19.1 Å². The van der Waals surface area contributed by atoms with Crippen molar-refractivity contribution in [3.8, 4) is 0 Å². The predicted octanol–water partition coefficient (Wildman–Crippen LogP) is 3.11. The van der Waals surface area contributed by atoms with E-state index in [0.717, 1.165) is 30.6 Å². The molecule has 1 saturated carbocycles. The SMILES string of the molecule is COC(=O)c1ccc(N2C(=O)C(Cl)=C(NC3CCCCCC3)C2=O)cc1. The summed E-state index contributed by atoms with van der Waals surface area (Å²) in [6.07, 6.45) is 6.51. The van der Waals surface area contributed by atoms with Crippen molar-refractivity contribution in [1.82, 2.24) is 5.32 Å². The molecule has 1 aliphatic heterocycles. The van der Waals surface area contributed by atoms with E-state index in [2.05, 4.69) is 10.1 Å². The average molecular weight is 377 g/mol. The van der Waals surface area contributed by atoms with E-state index in [0.29, 0.717) is 11.3 Å². The molecule has 3 rings (SSSR count). The zero-order chi connectivity index (χ0) is 18.7. The minimum atomic E-state index is -0.557. The smallest absolute Gasteiger partial charge is 0.337 e. The molecular weight excluding hydrogens is 356 g/mol. The van der Waals surface area contributed by atoms with Crippen LogP contribution in [0.2, 0.25) is 0 Å². The van der Waals surface area contributed by atoms with Crippen molar-refractivity contribution in [3.05, 3.63) is 40.6 Å². The maximum atomic E-state index is 12.8. The third-order valence-electron chi connectivity index (χ3n) is 4.78. The molecule has 0 atom stereocenters. The Morgan fingerprint density at radius 1 is 1.08 bits per heavy atom. The Balaban J connectivity index is 1.78. The molecule has 1 fully saturated rings. The number of benzene rings is 1. The number of rotatable bonds is 4. The highest BCUT2D eigenvalue weighted by atomic mass is 35.5. The molecule has 0 aromatic heterocycles. The molecular formula is C19H21ClN2O4. The third kappa shape index (κ3) is 3.60. The Labute approximate surface area is 157 Å². The van der Waals surface area contributed by atoms with E-state index in [4.69, 9.17) is 11.6 Å². The van der Waals surface area contributed by atoms with Gasteiger partial charge in [-0.2, -0.15) is 0 Å². The molecule has 1 N–H and O–H groups in total. The van der Waals surface area contributed by atoms with Gasteiger partial charge >= 0.3 is 5.97 Å². The Bertz CT molecular complexity index is 749.